The van der Waals surface area contributed by atoms with Gasteiger partial charge in [0.15, 0.2) is 0 Å². The quantitative estimate of drug-likeness (QED) is 0.861. The molecule has 2 atom stereocenters. The Labute approximate surface area is 135 Å². The second kappa shape index (κ2) is 6.48. The number of nitrogens with zero attached hydrogens (tertiary/aromatic N) is 2. The van der Waals surface area contributed by atoms with Crippen LogP contribution in [-0.2, 0) is 14.4 Å². The molecular formula is C17H21N3O3. The van der Waals surface area contributed by atoms with E-state index in [2.05, 4.69) is 10.3 Å². The van der Waals surface area contributed by atoms with Crippen molar-refractivity contribution in [3.8, 4) is 0 Å². The first kappa shape index (κ1) is 15.6. The van der Waals surface area contributed by atoms with Crippen molar-refractivity contribution >= 4 is 23.5 Å². The molecule has 3 rings (SSSR count). The molecule has 6 heteroatoms. The van der Waals surface area contributed by atoms with E-state index in [1.54, 1.807) is 12.3 Å². The SMILES string of the molecule is Cc1ccnc(NC(=O)CCN2C(=O)C3CCCCC3C2=O)c1. The van der Waals surface area contributed by atoms with Crippen molar-refractivity contribution in [1.29, 1.82) is 0 Å². The fraction of sp³-hybridized carbons (Fsp3) is 0.529. The van der Waals surface area contributed by atoms with Crippen LogP contribution in [0.25, 0.3) is 0 Å². The van der Waals surface area contributed by atoms with Gasteiger partial charge in [-0.1, -0.05) is 12.8 Å². The number of nitrogens with one attached hydrogen (secondary N) is 1. The molecule has 1 saturated carbocycles. The van der Waals surface area contributed by atoms with Crippen molar-refractivity contribution in [3.05, 3.63) is 23.9 Å². The minimum Gasteiger partial charge on any atom is -0.311 e. The van der Waals surface area contributed by atoms with Crippen LogP contribution < -0.4 is 5.32 Å². The van der Waals surface area contributed by atoms with Gasteiger partial charge in [0, 0.05) is 19.2 Å². The van der Waals surface area contributed by atoms with Gasteiger partial charge in [0.2, 0.25) is 17.7 Å². The Bertz CT molecular complexity index is 620. The van der Waals surface area contributed by atoms with E-state index >= 15 is 0 Å². The minimum absolute atomic E-state index is 0.0961. The summed E-state index contributed by atoms with van der Waals surface area (Å²) in [7, 11) is 0. The standard InChI is InChI=1S/C17H21N3O3/c1-11-6-8-18-14(10-11)19-15(21)7-9-20-16(22)12-4-2-3-5-13(12)17(20)23/h6,8,10,12-13H,2-5,7,9H2,1H3,(H,18,19,21). The van der Waals surface area contributed by atoms with Crippen LogP contribution in [0.1, 0.15) is 37.7 Å². The molecule has 1 aliphatic carbocycles. The molecule has 1 aromatic rings. The predicted molar refractivity (Wildman–Crippen MR) is 84.4 cm³/mol. The maximum absolute atomic E-state index is 12.3. The van der Waals surface area contributed by atoms with Crippen LogP contribution in [-0.4, -0.2) is 34.2 Å². The number of carbonyl (C=O) groups is 3. The number of aryl methyl sites for hydroxylation is 1. The Morgan fingerprint density at radius 1 is 1.26 bits per heavy atom. The van der Waals surface area contributed by atoms with E-state index in [4.69, 9.17) is 0 Å². The zero-order valence-electron chi connectivity index (χ0n) is 13.2. The van der Waals surface area contributed by atoms with Gasteiger partial charge in [-0.25, -0.2) is 4.98 Å². The lowest BCUT2D eigenvalue weighted by atomic mass is 9.81. The van der Waals surface area contributed by atoms with E-state index in [1.165, 1.54) is 4.90 Å². The van der Waals surface area contributed by atoms with Crippen molar-refractivity contribution in [2.75, 3.05) is 11.9 Å². The van der Waals surface area contributed by atoms with E-state index in [0.29, 0.717) is 5.82 Å². The molecule has 2 heterocycles. The van der Waals surface area contributed by atoms with Gasteiger partial charge in [-0.15, -0.1) is 0 Å². The third-order valence-corrected chi connectivity index (χ3v) is 4.68. The fourth-order valence-corrected chi connectivity index (χ4v) is 3.47. The topological polar surface area (TPSA) is 79.4 Å². The summed E-state index contributed by atoms with van der Waals surface area (Å²) < 4.78 is 0. The van der Waals surface area contributed by atoms with Crippen LogP contribution in [0.3, 0.4) is 0 Å². The second-order valence-electron chi connectivity index (χ2n) is 6.34. The summed E-state index contributed by atoms with van der Waals surface area (Å²) >= 11 is 0. The van der Waals surface area contributed by atoms with Gasteiger partial charge in [-0.3, -0.25) is 19.3 Å². The van der Waals surface area contributed by atoms with Crippen LogP contribution in [0.5, 0.6) is 0 Å². The summed E-state index contributed by atoms with van der Waals surface area (Å²) in [5.41, 5.74) is 1.00. The number of anilines is 1. The van der Waals surface area contributed by atoms with Crippen molar-refractivity contribution < 1.29 is 14.4 Å². The lowest BCUT2D eigenvalue weighted by Crippen LogP contribution is -2.34. The molecule has 1 aliphatic heterocycles. The molecule has 0 spiro atoms. The number of hydrogen-bond acceptors (Lipinski definition) is 4. The Balaban J connectivity index is 1.56. The monoisotopic (exact) mass is 315 g/mol. The minimum atomic E-state index is -0.237. The average molecular weight is 315 g/mol. The molecule has 1 N–H and O–H groups in total. The second-order valence-corrected chi connectivity index (χ2v) is 6.34. The molecule has 0 bridgehead atoms. The van der Waals surface area contributed by atoms with Crippen molar-refractivity contribution in [3.63, 3.8) is 0 Å². The molecule has 2 fully saturated rings. The molecule has 3 amide bonds. The first-order valence-electron chi connectivity index (χ1n) is 8.14. The van der Waals surface area contributed by atoms with E-state index < -0.39 is 0 Å². The number of likely N-dealkylation sites (tertiary alicyclic amines) is 1. The summed E-state index contributed by atoms with van der Waals surface area (Å²) in [5.74, 6) is -0.251. The number of aromatic nitrogens is 1. The van der Waals surface area contributed by atoms with Crippen LogP contribution >= 0.6 is 0 Å². The maximum atomic E-state index is 12.3. The van der Waals surface area contributed by atoms with Crippen LogP contribution in [0.15, 0.2) is 18.3 Å². The van der Waals surface area contributed by atoms with Crippen LogP contribution in [0.2, 0.25) is 0 Å². The average Bonchev–Trinajstić information content (AvgIpc) is 2.77. The molecule has 1 saturated heterocycles. The van der Waals surface area contributed by atoms with Crippen LogP contribution in [0, 0.1) is 18.8 Å². The molecule has 0 aromatic carbocycles. The summed E-state index contributed by atoms with van der Waals surface area (Å²) in [6, 6.07) is 3.62. The molecule has 2 aliphatic rings. The Kier molecular flexibility index (Phi) is 4.41. The zero-order chi connectivity index (χ0) is 16.4. The summed E-state index contributed by atoms with van der Waals surface area (Å²) in [6.45, 7) is 2.07. The number of rotatable bonds is 4. The van der Waals surface area contributed by atoms with E-state index in [9.17, 15) is 14.4 Å². The number of imide groups is 1. The van der Waals surface area contributed by atoms with Crippen molar-refractivity contribution in [2.45, 2.75) is 39.0 Å². The Morgan fingerprint density at radius 2 is 1.91 bits per heavy atom. The third-order valence-electron chi connectivity index (χ3n) is 4.68. The number of fused-ring (bicyclic) bond motifs is 1. The van der Waals surface area contributed by atoms with Crippen molar-refractivity contribution in [1.82, 2.24) is 9.88 Å². The third kappa shape index (κ3) is 3.25. The molecule has 2 unspecified atom stereocenters. The summed E-state index contributed by atoms with van der Waals surface area (Å²) in [4.78, 5) is 42.0. The van der Waals surface area contributed by atoms with E-state index in [-0.39, 0.29) is 42.5 Å². The molecule has 0 radical (unpaired) electrons. The van der Waals surface area contributed by atoms with Gasteiger partial charge in [0.1, 0.15) is 5.82 Å². The van der Waals surface area contributed by atoms with E-state index in [0.717, 1.165) is 31.2 Å². The predicted octanol–water partition coefficient (Wildman–Crippen LogP) is 1.89. The number of amides is 3. The lowest BCUT2D eigenvalue weighted by Gasteiger charge is -2.19. The first-order chi connectivity index (χ1) is 11.1. The highest BCUT2D eigenvalue weighted by molar-refractivity contribution is 6.05. The lowest BCUT2D eigenvalue weighted by molar-refractivity contribution is -0.140. The molecule has 1 aromatic heterocycles. The largest absolute Gasteiger partial charge is 0.311 e. The normalized spacial score (nSPS) is 23.8. The smallest absolute Gasteiger partial charge is 0.233 e. The first-order valence-corrected chi connectivity index (χ1v) is 8.14. The molecule has 122 valence electrons. The van der Waals surface area contributed by atoms with Gasteiger partial charge in [0.25, 0.3) is 0 Å². The van der Waals surface area contributed by atoms with Gasteiger partial charge in [-0.2, -0.15) is 0 Å². The molecular weight excluding hydrogens is 294 g/mol. The number of hydrogen-bond donors (Lipinski definition) is 1. The van der Waals surface area contributed by atoms with E-state index in [1.807, 2.05) is 13.0 Å². The van der Waals surface area contributed by atoms with Crippen LogP contribution in [0.4, 0.5) is 5.82 Å². The highest BCUT2D eigenvalue weighted by Gasteiger charge is 2.47. The zero-order valence-corrected chi connectivity index (χ0v) is 13.2. The fourth-order valence-electron chi connectivity index (χ4n) is 3.47. The summed E-state index contributed by atoms with van der Waals surface area (Å²) in [6.07, 6.45) is 5.34. The number of carbonyl (C=O) groups excluding carboxylic acids is 3. The van der Waals surface area contributed by atoms with Gasteiger partial charge < -0.3 is 5.32 Å². The number of pyridine rings is 1. The Hall–Kier alpha value is -2.24. The van der Waals surface area contributed by atoms with Gasteiger partial charge >= 0.3 is 0 Å². The van der Waals surface area contributed by atoms with Crippen molar-refractivity contribution in [2.24, 2.45) is 11.8 Å². The Morgan fingerprint density at radius 3 is 2.52 bits per heavy atom. The highest BCUT2D eigenvalue weighted by atomic mass is 16.2. The molecule has 23 heavy (non-hydrogen) atoms. The maximum Gasteiger partial charge on any atom is 0.233 e. The highest BCUT2D eigenvalue weighted by Crippen LogP contribution is 2.37. The summed E-state index contributed by atoms with van der Waals surface area (Å²) in [5, 5.41) is 2.70. The van der Waals surface area contributed by atoms with Gasteiger partial charge in [-0.05, 0) is 37.5 Å². The van der Waals surface area contributed by atoms with Gasteiger partial charge in [0.05, 0.1) is 11.8 Å². The molecule has 6 nitrogen and oxygen atoms in total.